The lowest BCUT2D eigenvalue weighted by Crippen LogP contribution is -2.58. The molecule has 33 heavy (non-hydrogen) atoms. The van der Waals surface area contributed by atoms with E-state index < -0.39 is 11.1 Å². The average molecular weight is 481 g/mol. The Kier molecular flexibility index (Phi) is 7.67. The summed E-state index contributed by atoms with van der Waals surface area (Å²) in [5.41, 5.74) is -0.663. The maximum absolute atomic E-state index is 12.0. The predicted molar refractivity (Wildman–Crippen MR) is 121 cm³/mol. The zero-order chi connectivity index (χ0) is 24.1. The minimum absolute atomic E-state index is 0.0557. The first-order chi connectivity index (χ1) is 15.6. The molecule has 1 aromatic rings. The third-order valence-electron chi connectivity index (χ3n) is 6.14. The lowest BCUT2D eigenvalue weighted by Gasteiger charge is -2.35. The Hall–Kier alpha value is -3.02. The highest BCUT2D eigenvalue weighted by molar-refractivity contribution is 8.00. The lowest BCUT2D eigenvalue weighted by molar-refractivity contribution is -0.384. The molecule has 2 aliphatic rings. The topological polar surface area (TPSA) is 149 Å². The first kappa shape index (κ1) is 24.6. The highest BCUT2D eigenvalue weighted by atomic mass is 32.2. The number of amides is 3. The van der Waals surface area contributed by atoms with Gasteiger partial charge in [-0.1, -0.05) is 6.42 Å². The molecule has 11 nitrogen and oxygen atoms in total. The van der Waals surface area contributed by atoms with Gasteiger partial charge in [-0.25, -0.2) is 9.59 Å². The number of carbonyl (C=O) groups excluding carboxylic acids is 3. The quantitative estimate of drug-likeness (QED) is 0.116. The number of benzene rings is 1. The van der Waals surface area contributed by atoms with Gasteiger partial charge < -0.3 is 25.4 Å². The van der Waals surface area contributed by atoms with Crippen molar-refractivity contribution in [1.29, 1.82) is 0 Å². The largest absolute Gasteiger partial charge is 0.513 e. The minimum atomic E-state index is -0.957. The normalized spacial score (nSPS) is 25.5. The molecule has 3 rings (SSSR count). The number of rotatable bonds is 10. The van der Waals surface area contributed by atoms with E-state index in [0.717, 1.165) is 25.0 Å². The van der Waals surface area contributed by atoms with Crippen molar-refractivity contribution in [1.82, 2.24) is 16.0 Å². The van der Waals surface area contributed by atoms with Gasteiger partial charge in [0.2, 0.25) is 5.91 Å². The smallest absolute Gasteiger partial charge is 0.432 e. The molecule has 180 valence electrons. The van der Waals surface area contributed by atoms with Gasteiger partial charge in [-0.05, 0) is 38.8 Å². The molecule has 3 N–H and O–H groups in total. The van der Waals surface area contributed by atoms with Crippen LogP contribution in [0.1, 0.15) is 39.5 Å². The standard InChI is InChI=1S/C21H28N4O7S/c1-20-13-33-16(21(20,2)24-18(27)23-20)5-3-4-6-17(26)22-11-12-31-19(28)32-15-9-7-14(8-10-15)25(29)30/h7-10,16H,3-6,11-13H2,1-2H3,(H,22,26)(H2,23,24,27)/t16?,20-,21+/m1/s1. The Morgan fingerprint density at radius 3 is 2.67 bits per heavy atom. The number of carbonyl (C=O) groups is 3. The van der Waals surface area contributed by atoms with E-state index >= 15 is 0 Å². The number of hydrogen-bond donors (Lipinski definition) is 3. The Morgan fingerprint density at radius 2 is 1.97 bits per heavy atom. The highest BCUT2D eigenvalue weighted by Gasteiger charge is 2.60. The molecule has 1 aromatic carbocycles. The number of nitro groups is 1. The Morgan fingerprint density at radius 1 is 1.24 bits per heavy atom. The van der Waals surface area contributed by atoms with Crippen LogP contribution in [0.25, 0.3) is 0 Å². The van der Waals surface area contributed by atoms with Crippen LogP contribution in [-0.4, -0.2) is 58.2 Å². The van der Waals surface area contributed by atoms with Crippen LogP contribution >= 0.6 is 11.8 Å². The fraction of sp³-hybridized carbons (Fsp3) is 0.571. The lowest BCUT2D eigenvalue weighted by atomic mass is 9.79. The van der Waals surface area contributed by atoms with Crippen molar-refractivity contribution in [3.05, 3.63) is 34.4 Å². The third-order valence-corrected chi connectivity index (χ3v) is 7.99. The summed E-state index contributed by atoms with van der Waals surface area (Å²) in [6.07, 6.45) is 1.90. The first-order valence-electron chi connectivity index (χ1n) is 10.7. The van der Waals surface area contributed by atoms with E-state index in [-0.39, 0.29) is 47.6 Å². The second kappa shape index (κ2) is 10.3. The number of nitro benzene ring substituents is 1. The van der Waals surface area contributed by atoms with Crippen molar-refractivity contribution < 1.29 is 28.8 Å². The van der Waals surface area contributed by atoms with E-state index in [2.05, 4.69) is 29.8 Å². The Balaban J connectivity index is 1.26. The average Bonchev–Trinajstić information content (AvgIpc) is 3.12. The van der Waals surface area contributed by atoms with Crippen molar-refractivity contribution in [3.8, 4) is 5.75 Å². The van der Waals surface area contributed by atoms with Crippen molar-refractivity contribution in [2.45, 2.75) is 55.9 Å². The van der Waals surface area contributed by atoms with E-state index in [9.17, 15) is 24.5 Å². The van der Waals surface area contributed by atoms with E-state index in [0.29, 0.717) is 11.7 Å². The molecule has 0 aromatic heterocycles. The predicted octanol–water partition coefficient (Wildman–Crippen LogP) is 2.73. The SMILES string of the molecule is C[C@@]12CSC(CCCCC(=O)NCCOC(=O)Oc3ccc([N+](=O)[O-])cc3)[C@]1(C)NC(=O)N2. The number of nitrogens with one attached hydrogen (secondary N) is 3. The van der Waals surface area contributed by atoms with Crippen molar-refractivity contribution in [3.63, 3.8) is 0 Å². The Bertz CT molecular complexity index is 912. The summed E-state index contributed by atoms with van der Waals surface area (Å²) in [6.45, 7) is 4.24. The van der Waals surface area contributed by atoms with Gasteiger partial charge in [0.05, 0.1) is 22.5 Å². The number of fused-ring (bicyclic) bond motifs is 1. The monoisotopic (exact) mass is 480 g/mol. The number of thioether (sulfide) groups is 1. The summed E-state index contributed by atoms with van der Waals surface area (Å²) < 4.78 is 9.79. The molecule has 0 bridgehead atoms. The van der Waals surface area contributed by atoms with Gasteiger partial charge in [-0.2, -0.15) is 11.8 Å². The van der Waals surface area contributed by atoms with Gasteiger partial charge >= 0.3 is 12.2 Å². The van der Waals surface area contributed by atoms with E-state index in [1.54, 1.807) is 0 Å². The van der Waals surface area contributed by atoms with Gasteiger partial charge in [0.25, 0.3) is 5.69 Å². The molecule has 0 radical (unpaired) electrons. The van der Waals surface area contributed by atoms with Crippen LogP contribution in [0.3, 0.4) is 0 Å². The van der Waals surface area contributed by atoms with Crippen LogP contribution in [0.5, 0.6) is 5.75 Å². The number of non-ortho nitro benzene ring substituents is 1. The van der Waals surface area contributed by atoms with Crippen molar-refractivity contribution in [2.24, 2.45) is 0 Å². The number of unbranched alkanes of at least 4 members (excludes halogenated alkanes) is 1. The highest BCUT2D eigenvalue weighted by Crippen LogP contribution is 2.47. The molecular formula is C21H28N4O7S. The van der Waals surface area contributed by atoms with Crippen LogP contribution in [-0.2, 0) is 9.53 Å². The van der Waals surface area contributed by atoms with Gasteiger partial charge in [0.15, 0.2) is 0 Å². The van der Waals surface area contributed by atoms with Crippen LogP contribution in [0.4, 0.5) is 15.3 Å². The minimum Gasteiger partial charge on any atom is -0.432 e. The zero-order valence-electron chi connectivity index (χ0n) is 18.5. The summed E-state index contributed by atoms with van der Waals surface area (Å²) in [6, 6.07) is 4.90. The number of ether oxygens (including phenoxy) is 2. The van der Waals surface area contributed by atoms with Crippen molar-refractivity contribution in [2.75, 3.05) is 18.9 Å². The fourth-order valence-corrected chi connectivity index (χ4v) is 5.90. The molecule has 3 amide bonds. The van der Waals surface area contributed by atoms with E-state index in [1.165, 1.54) is 24.3 Å². The summed E-state index contributed by atoms with van der Waals surface area (Å²) in [5, 5.41) is 19.7. The molecular weight excluding hydrogens is 452 g/mol. The number of nitrogens with zero attached hydrogens (tertiary/aromatic N) is 1. The fourth-order valence-electron chi connectivity index (χ4n) is 4.00. The molecule has 2 fully saturated rings. The van der Waals surface area contributed by atoms with Crippen LogP contribution in [0, 0.1) is 10.1 Å². The van der Waals surface area contributed by atoms with Crippen LogP contribution in [0.15, 0.2) is 24.3 Å². The molecule has 2 heterocycles. The van der Waals surface area contributed by atoms with Crippen LogP contribution < -0.4 is 20.7 Å². The van der Waals surface area contributed by atoms with Crippen LogP contribution in [0.2, 0.25) is 0 Å². The molecule has 1 unspecified atom stereocenters. The first-order valence-corrected chi connectivity index (χ1v) is 11.8. The van der Waals surface area contributed by atoms with Gasteiger partial charge in [-0.3, -0.25) is 14.9 Å². The maximum Gasteiger partial charge on any atom is 0.513 e. The van der Waals surface area contributed by atoms with Crippen molar-refractivity contribution >= 4 is 35.5 Å². The number of hydrogen-bond acceptors (Lipinski definition) is 8. The summed E-state index contributed by atoms with van der Waals surface area (Å²) in [7, 11) is 0. The van der Waals surface area contributed by atoms with Gasteiger partial charge in [-0.15, -0.1) is 0 Å². The van der Waals surface area contributed by atoms with Gasteiger partial charge in [0, 0.05) is 29.6 Å². The second-order valence-electron chi connectivity index (χ2n) is 8.46. The van der Waals surface area contributed by atoms with E-state index in [1.807, 2.05) is 11.8 Å². The maximum atomic E-state index is 12.0. The molecule has 0 saturated carbocycles. The Labute approximate surface area is 195 Å². The second-order valence-corrected chi connectivity index (χ2v) is 9.65. The molecule has 12 heteroatoms. The van der Waals surface area contributed by atoms with Gasteiger partial charge in [0.1, 0.15) is 12.4 Å². The summed E-state index contributed by atoms with van der Waals surface area (Å²) >= 11 is 1.85. The molecule has 2 saturated heterocycles. The molecule has 0 aliphatic carbocycles. The zero-order valence-corrected chi connectivity index (χ0v) is 19.4. The summed E-state index contributed by atoms with van der Waals surface area (Å²) in [4.78, 5) is 45.5. The number of urea groups is 1. The molecule has 2 aliphatic heterocycles. The molecule has 3 atom stereocenters. The third kappa shape index (κ3) is 5.86. The van der Waals surface area contributed by atoms with E-state index in [4.69, 9.17) is 9.47 Å². The molecule has 0 spiro atoms. The summed E-state index contributed by atoms with van der Waals surface area (Å²) in [5.74, 6) is 0.852.